The minimum absolute atomic E-state index is 0.0573. The molecule has 0 aromatic heterocycles. The fourth-order valence-electron chi connectivity index (χ4n) is 3.22. The van der Waals surface area contributed by atoms with Crippen LogP contribution in [-0.2, 0) is 11.2 Å². The first-order chi connectivity index (χ1) is 14.3. The molecule has 3 rings (SSSR count). The molecule has 0 N–H and O–H groups in total. The second kappa shape index (κ2) is 9.60. The number of halogens is 4. The lowest BCUT2D eigenvalue weighted by Gasteiger charge is -2.35. The van der Waals surface area contributed by atoms with E-state index in [1.54, 1.807) is 17.0 Å². The highest BCUT2D eigenvalue weighted by Crippen LogP contribution is 2.17. The molecule has 0 unspecified atom stereocenters. The Balaban J connectivity index is 1.46. The van der Waals surface area contributed by atoms with Gasteiger partial charge in [0.2, 0.25) is 5.91 Å². The van der Waals surface area contributed by atoms with Gasteiger partial charge in [0.25, 0.3) is 5.91 Å². The SMILES string of the molecule is O=C(CCc1ccc(OC(F)F)cc1)N1CCN(C(=O)c2ccc(F)c(F)c2)CC1. The molecule has 1 heterocycles. The van der Waals surface area contributed by atoms with Gasteiger partial charge in [-0.1, -0.05) is 12.1 Å². The summed E-state index contributed by atoms with van der Waals surface area (Å²) in [7, 11) is 0. The highest BCUT2D eigenvalue weighted by Gasteiger charge is 2.25. The Morgan fingerprint density at radius 3 is 2.13 bits per heavy atom. The van der Waals surface area contributed by atoms with Crippen molar-refractivity contribution in [1.82, 2.24) is 9.80 Å². The number of carbonyl (C=O) groups is 2. The van der Waals surface area contributed by atoms with E-state index in [0.29, 0.717) is 32.6 Å². The molecule has 1 aliphatic heterocycles. The summed E-state index contributed by atoms with van der Waals surface area (Å²) in [5, 5.41) is 0. The molecular weight excluding hydrogens is 404 g/mol. The number of hydrogen-bond acceptors (Lipinski definition) is 3. The van der Waals surface area contributed by atoms with Gasteiger partial charge in [-0.05, 0) is 42.3 Å². The number of aryl methyl sites for hydroxylation is 1. The fourth-order valence-corrected chi connectivity index (χ4v) is 3.22. The average molecular weight is 424 g/mol. The van der Waals surface area contributed by atoms with E-state index in [-0.39, 0.29) is 23.6 Å². The van der Waals surface area contributed by atoms with Gasteiger partial charge in [-0.2, -0.15) is 8.78 Å². The predicted octanol–water partition coefficient (Wildman–Crippen LogP) is 3.48. The van der Waals surface area contributed by atoms with Gasteiger partial charge in [0, 0.05) is 38.2 Å². The minimum atomic E-state index is -2.88. The molecule has 0 spiro atoms. The zero-order valence-electron chi connectivity index (χ0n) is 16.0. The largest absolute Gasteiger partial charge is 0.435 e. The average Bonchev–Trinajstić information content (AvgIpc) is 2.74. The third-order valence-corrected chi connectivity index (χ3v) is 4.86. The number of nitrogens with zero attached hydrogens (tertiary/aromatic N) is 2. The molecule has 9 heteroatoms. The molecule has 1 aliphatic rings. The van der Waals surface area contributed by atoms with Crippen molar-refractivity contribution >= 4 is 11.8 Å². The van der Waals surface area contributed by atoms with Crippen LogP contribution in [0.15, 0.2) is 42.5 Å². The van der Waals surface area contributed by atoms with Gasteiger partial charge in [-0.15, -0.1) is 0 Å². The highest BCUT2D eigenvalue weighted by molar-refractivity contribution is 5.94. The van der Waals surface area contributed by atoms with Crippen LogP contribution in [0.2, 0.25) is 0 Å². The quantitative estimate of drug-likeness (QED) is 0.668. The summed E-state index contributed by atoms with van der Waals surface area (Å²) in [5.41, 5.74) is 0.880. The maximum Gasteiger partial charge on any atom is 0.387 e. The van der Waals surface area contributed by atoms with Gasteiger partial charge in [-0.3, -0.25) is 9.59 Å². The third kappa shape index (κ3) is 5.49. The molecule has 0 aliphatic carbocycles. The topological polar surface area (TPSA) is 49.9 Å². The Hall–Kier alpha value is -3.10. The smallest absolute Gasteiger partial charge is 0.387 e. The predicted molar refractivity (Wildman–Crippen MR) is 100 cm³/mol. The summed E-state index contributed by atoms with van der Waals surface area (Å²) in [5.74, 6) is -2.53. The van der Waals surface area contributed by atoms with E-state index >= 15 is 0 Å². The van der Waals surface area contributed by atoms with Gasteiger partial charge in [-0.25, -0.2) is 8.78 Å². The maximum absolute atomic E-state index is 13.3. The van der Waals surface area contributed by atoms with Crippen LogP contribution >= 0.6 is 0 Å². The standard InChI is InChI=1S/C21H20F4N2O3/c22-17-7-4-15(13-18(17)23)20(29)27-11-9-26(10-12-27)19(28)8-3-14-1-5-16(6-2-14)30-21(24)25/h1-2,4-7,13,21H,3,8-12H2. The van der Waals surface area contributed by atoms with Gasteiger partial charge < -0.3 is 14.5 Å². The molecule has 0 atom stereocenters. The van der Waals surface area contributed by atoms with Crippen molar-refractivity contribution in [2.75, 3.05) is 26.2 Å². The zero-order chi connectivity index (χ0) is 21.7. The van der Waals surface area contributed by atoms with E-state index < -0.39 is 24.2 Å². The molecule has 0 saturated carbocycles. The van der Waals surface area contributed by atoms with Crippen LogP contribution in [0, 0.1) is 11.6 Å². The first-order valence-corrected chi connectivity index (χ1v) is 9.39. The third-order valence-electron chi connectivity index (χ3n) is 4.86. The summed E-state index contributed by atoms with van der Waals surface area (Å²) < 4.78 is 55.0. The second-order valence-electron chi connectivity index (χ2n) is 6.82. The van der Waals surface area contributed by atoms with Crippen molar-refractivity contribution in [3.05, 3.63) is 65.2 Å². The van der Waals surface area contributed by atoms with Gasteiger partial charge >= 0.3 is 6.61 Å². The Bertz CT molecular complexity index is 898. The number of rotatable bonds is 6. The lowest BCUT2D eigenvalue weighted by molar-refractivity contribution is -0.132. The van der Waals surface area contributed by atoms with E-state index in [1.807, 2.05) is 0 Å². The van der Waals surface area contributed by atoms with E-state index in [9.17, 15) is 27.2 Å². The van der Waals surface area contributed by atoms with Gasteiger partial charge in [0.05, 0.1) is 0 Å². The number of alkyl halides is 2. The summed E-state index contributed by atoms with van der Waals surface area (Å²) in [6.45, 7) is -1.61. The number of ether oxygens (including phenoxy) is 1. The normalized spacial score (nSPS) is 14.2. The van der Waals surface area contributed by atoms with Crippen LogP contribution < -0.4 is 4.74 Å². The summed E-state index contributed by atoms with van der Waals surface area (Å²) >= 11 is 0. The van der Waals surface area contributed by atoms with Crippen molar-refractivity contribution in [3.63, 3.8) is 0 Å². The van der Waals surface area contributed by atoms with E-state index in [1.165, 1.54) is 23.1 Å². The van der Waals surface area contributed by atoms with Crippen LogP contribution in [0.5, 0.6) is 5.75 Å². The van der Waals surface area contributed by atoms with Crippen LogP contribution in [-0.4, -0.2) is 54.4 Å². The second-order valence-corrected chi connectivity index (χ2v) is 6.82. The van der Waals surface area contributed by atoms with Crippen LogP contribution in [0.1, 0.15) is 22.3 Å². The molecular formula is C21H20F4N2O3. The van der Waals surface area contributed by atoms with E-state index in [0.717, 1.165) is 17.7 Å². The molecule has 1 fully saturated rings. The lowest BCUT2D eigenvalue weighted by Crippen LogP contribution is -2.50. The number of hydrogen-bond donors (Lipinski definition) is 0. The van der Waals surface area contributed by atoms with Gasteiger partial charge in [0.1, 0.15) is 5.75 Å². The molecule has 2 aromatic carbocycles. The Kier molecular flexibility index (Phi) is 6.91. The first kappa shape index (κ1) is 21.6. The van der Waals surface area contributed by atoms with Crippen molar-refractivity contribution in [2.45, 2.75) is 19.5 Å². The van der Waals surface area contributed by atoms with E-state index in [4.69, 9.17) is 0 Å². The van der Waals surface area contributed by atoms with Crippen molar-refractivity contribution in [2.24, 2.45) is 0 Å². The molecule has 5 nitrogen and oxygen atoms in total. The molecule has 0 bridgehead atoms. The summed E-state index contributed by atoms with van der Waals surface area (Å²) in [6, 6.07) is 9.12. The number of benzene rings is 2. The summed E-state index contributed by atoms with van der Waals surface area (Å²) in [6.07, 6.45) is 0.688. The molecule has 30 heavy (non-hydrogen) atoms. The first-order valence-electron chi connectivity index (χ1n) is 9.39. The molecule has 160 valence electrons. The molecule has 1 saturated heterocycles. The molecule has 2 amide bonds. The molecule has 0 radical (unpaired) electrons. The van der Waals surface area contributed by atoms with E-state index in [2.05, 4.69) is 4.74 Å². The Morgan fingerprint density at radius 1 is 0.900 bits per heavy atom. The van der Waals surface area contributed by atoms with Crippen molar-refractivity contribution < 1.29 is 31.9 Å². The zero-order valence-corrected chi connectivity index (χ0v) is 16.0. The number of amides is 2. The summed E-state index contributed by atoms with van der Waals surface area (Å²) in [4.78, 5) is 28.0. The Morgan fingerprint density at radius 2 is 1.53 bits per heavy atom. The monoisotopic (exact) mass is 424 g/mol. The Labute approximate surface area is 170 Å². The van der Waals surface area contributed by atoms with Crippen molar-refractivity contribution in [3.8, 4) is 5.75 Å². The van der Waals surface area contributed by atoms with Crippen LogP contribution in [0.25, 0.3) is 0 Å². The van der Waals surface area contributed by atoms with Gasteiger partial charge in [0.15, 0.2) is 11.6 Å². The molecule has 2 aromatic rings. The number of carbonyl (C=O) groups excluding carboxylic acids is 2. The fraction of sp³-hybridized carbons (Fsp3) is 0.333. The maximum atomic E-state index is 13.3. The number of piperazine rings is 1. The lowest BCUT2D eigenvalue weighted by atomic mass is 10.1. The van der Waals surface area contributed by atoms with Crippen LogP contribution in [0.4, 0.5) is 17.6 Å². The van der Waals surface area contributed by atoms with Crippen LogP contribution in [0.3, 0.4) is 0 Å². The van der Waals surface area contributed by atoms with Crippen molar-refractivity contribution in [1.29, 1.82) is 0 Å². The minimum Gasteiger partial charge on any atom is -0.435 e. The highest BCUT2D eigenvalue weighted by atomic mass is 19.3.